The first kappa shape index (κ1) is 18.4. The second kappa shape index (κ2) is 7.33. The number of aromatic nitrogens is 4. The summed E-state index contributed by atoms with van der Waals surface area (Å²) in [5, 5.41) is 7.37. The van der Waals surface area contributed by atoms with E-state index >= 15 is 0 Å². The maximum Gasteiger partial charge on any atom is 0.276 e. The molecule has 0 spiro atoms. The number of nitrogens with one attached hydrogen (secondary N) is 2. The van der Waals surface area contributed by atoms with Gasteiger partial charge in [0.2, 0.25) is 0 Å². The van der Waals surface area contributed by atoms with E-state index in [1.807, 2.05) is 43.3 Å². The number of nitrogens with zero attached hydrogens (tertiary/aromatic N) is 3. The SMILES string of the molecule is COc1ccc(C)cc1-n1ccc(C(=O)Nc2ccc3nc(C4CCC4)[nH]c3c2)n1. The fourth-order valence-corrected chi connectivity index (χ4v) is 3.74. The number of carbonyl (C=O) groups excluding carboxylic acids is 1. The Morgan fingerprint density at radius 1 is 1.20 bits per heavy atom. The predicted molar refractivity (Wildman–Crippen MR) is 115 cm³/mol. The lowest BCUT2D eigenvalue weighted by atomic mass is 9.85. The highest BCUT2D eigenvalue weighted by Gasteiger charge is 2.22. The summed E-state index contributed by atoms with van der Waals surface area (Å²) in [6.07, 6.45) is 5.41. The number of aryl methyl sites for hydroxylation is 1. The molecular formula is C23H23N5O2. The van der Waals surface area contributed by atoms with E-state index in [1.54, 1.807) is 24.1 Å². The number of hydrogen-bond donors (Lipinski definition) is 2. The summed E-state index contributed by atoms with van der Waals surface area (Å²) in [6, 6.07) is 13.2. The van der Waals surface area contributed by atoms with Crippen LogP contribution in [-0.4, -0.2) is 32.8 Å². The monoisotopic (exact) mass is 401 g/mol. The minimum absolute atomic E-state index is 0.265. The zero-order valence-electron chi connectivity index (χ0n) is 17.0. The molecule has 2 heterocycles. The van der Waals surface area contributed by atoms with Gasteiger partial charge in [-0.3, -0.25) is 4.79 Å². The molecule has 0 unspecified atom stereocenters. The molecule has 0 radical (unpaired) electrons. The summed E-state index contributed by atoms with van der Waals surface area (Å²) in [6.45, 7) is 2.00. The third-order valence-electron chi connectivity index (χ3n) is 5.65. The first-order chi connectivity index (χ1) is 14.6. The Morgan fingerprint density at radius 2 is 2.07 bits per heavy atom. The smallest absolute Gasteiger partial charge is 0.276 e. The second-order valence-corrected chi connectivity index (χ2v) is 7.76. The second-order valence-electron chi connectivity index (χ2n) is 7.76. The van der Waals surface area contributed by atoms with Gasteiger partial charge in [0.15, 0.2) is 5.69 Å². The Morgan fingerprint density at radius 3 is 2.83 bits per heavy atom. The third kappa shape index (κ3) is 3.32. The predicted octanol–water partition coefficient (Wildman–Crippen LogP) is 4.59. The van der Waals surface area contributed by atoms with Crippen molar-refractivity contribution >= 4 is 22.6 Å². The van der Waals surface area contributed by atoms with Crippen LogP contribution in [0, 0.1) is 6.92 Å². The first-order valence-corrected chi connectivity index (χ1v) is 10.1. The van der Waals surface area contributed by atoms with Crippen LogP contribution in [0.2, 0.25) is 0 Å². The maximum absolute atomic E-state index is 12.7. The standard InChI is InChI=1S/C23H23N5O2/c1-14-6-9-21(30-2)20(12-14)28-11-10-18(27-28)23(29)24-16-7-8-17-19(13-16)26-22(25-17)15-4-3-5-15/h6-13,15H,3-5H2,1-2H3,(H,24,29)(H,25,26). The summed E-state index contributed by atoms with van der Waals surface area (Å²) >= 11 is 0. The molecule has 5 rings (SSSR count). The third-order valence-corrected chi connectivity index (χ3v) is 5.65. The Labute approximate surface area is 174 Å². The lowest BCUT2D eigenvalue weighted by Gasteiger charge is -2.22. The van der Waals surface area contributed by atoms with Crippen molar-refractivity contribution < 1.29 is 9.53 Å². The van der Waals surface area contributed by atoms with E-state index in [9.17, 15) is 4.79 Å². The molecule has 1 aliphatic carbocycles. The van der Waals surface area contributed by atoms with Crippen LogP contribution in [0.15, 0.2) is 48.7 Å². The van der Waals surface area contributed by atoms with Crippen molar-refractivity contribution in [1.82, 2.24) is 19.7 Å². The molecule has 1 amide bonds. The summed E-state index contributed by atoms with van der Waals surface area (Å²) in [4.78, 5) is 20.8. The van der Waals surface area contributed by atoms with Gasteiger partial charge in [-0.1, -0.05) is 12.5 Å². The Balaban J connectivity index is 1.36. The average Bonchev–Trinajstić information content (AvgIpc) is 3.33. The Bertz CT molecular complexity index is 1240. The van der Waals surface area contributed by atoms with Gasteiger partial charge in [0.25, 0.3) is 5.91 Å². The van der Waals surface area contributed by atoms with Crippen LogP contribution in [0.3, 0.4) is 0 Å². The zero-order valence-corrected chi connectivity index (χ0v) is 17.0. The molecule has 2 aromatic carbocycles. The molecule has 2 aromatic heterocycles. The summed E-state index contributed by atoms with van der Waals surface area (Å²) < 4.78 is 7.08. The largest absolute Gasteiger partial charge is 0.494 e. The fourth-order valence-electron chi connectivity index (χ4n) is 3.74. The van der Waals surface area contributed by atoms with E-state index in [0.717, 1.165) is 28.1 Å². The van der Waals surface area contributed by atoms with Crippen LogP contribution in [0.5, 0.6) is 5.75 Å². The highest BCUT2D eigenvalue weighted by Crippen LogP contribution is 2.35. The lowest BCUT2D eigenvalue weighted by Crippen LogP contribution is -2.13. The molecule has 152 valence electrons. The van der Waals surface area contributed by atoms with Gasteiger partial charge >= 0.3 is 0 Å². The van der Waals surface area contributed by atoms with Crippen molar-refractivity contribution in [3.05, 3.63) is 65.7 Å². The lowest BCUT2D eigenvalue weighted by molar-refractivity contribution is 0.102. The number of rotatable bonds is 5. The molecule has 0 bridgehead atoms. The summed E-state index contributed by atoms with van der Waals surface area (Å²) in [5.41, 5.74) is 4.77. The Hall–Kier alpha value is -3.61. The van der Waals surface area contributed by atoms with E-state index in [0.29, 0.717) is 23.0 Å². The fraction of sp³-hybridized carbons (Fsp3) is 0.261. The Kier molecular flexibility index (Phi) is 4.50. The number of aromatic amines is 1. The van der Waals surface area contributed by atoms with Gasteiger partial charge in [-0.05, 0) is 61.7 Å². The van der Waals surface area contributed by atoms with Crippen LogP contribution in [0.25, 0.3) is 16.7 Å². The van der Waals surface area contributed by atoms with Crippen molar-refractivity contribution in [1.29, 1.82) is 0 Å². The van der Waals surface area contributed by atoms with E-state index in [4.69, 9.17) is 4.74 Å². The van der Waals surface area contributed by atoms with E-state index in [2.05, 4.69) is 20.4 Å². The summed E-state index contributed by atoms with van der Waals surface area (Å²) in [5.74, 6) is 2.02. The highest BCUT2D eigenvalue weighted by atomic mass is 16.5. The van der Waals surface area contributed by atoms with E-state index in [1.165, 1.54) is 19.3 Å². The number of methoxy groups -OCH3 is 1. The van der Waals surface area contributed by atoms with Crippen molar-refractivity contribution in [2.24, 2.45) is 0 Å². The number of amides is 1. The van der Waals surface area contributed by atoms with Crippen molar-refractivity contribution in [3.8, 4) is 11.4 Å². The number of anilines is 1. The number of benzene rings is 2. The number of carbonyl (C=O) groups is 1. The minimum atomic E-state index is -0.265. The van der Waals surface area contributed by atoms with Gasteiger partial charge < -0.3 is 15.0 Å². The number of hydrogen-bond acceptors (Lipinski definition) is 4. The molecule has 0 atom stereocenters. The van der Waals surface area contributed by atoms with Gasteiger partial charge in [-0.25, -0.2) is 9.67 Å². The molecule has 1 fully saturated rings. The quantitative estimate of drug-likeness (QED) is 0.512. The van der Waals surface area contributed by atoms with Crippen molar-refractivity contribution in [2.45, 2.75) is 32.1 Å². The van der Waals surface area contributed by atoms with Gasteiger partial charge in [0.05, 0.1) is 18.1 Å². The van der Waals surface area contributed by atoms with Crippen LogP contribution < -0.4 is 10.1 Å². The molecular weight excluding hydrogens is 378 g/mol. The molecule has 0 aliphatic heterocycles. The van der Waals surface area contributed by atoms with Gasteiger partial charge in [-0.15, -0.1) is 0 Å². The molecule has 2 N–H and O–H groups in total. The molecule has 7 heteroatoms. The van der Waals surface area contributed by atoms with Gasteiger partial charge in [-0.2, -0.15) is 5.10 Å². The average molecular weight is 401 g/mol. The number of fused-ring (bicyclic) bond motifs is 1. The van der Waals surface area contributed by atoms with Crippen LogP contribution >= 0.6 is 0 Å². The molecule has 1 saturated carbocycles. The molecule has 4 aromatic rings. The van der Waals surface area contributed by atoms with E-state index in [-0.39, 0.29) is 5.91 Å². The van der Waals surface area contributed by atoms with Crippen molar-refractivity contribution in [3.63, 3.8) is 0 Å². The molecule has 1 aliphatic rings. The molecule has 0 saturated heterocycles. The van der Waals surface area contributed by atoms with Gasteiger partial charge in [0, 0.05) is 17.8 Å². The van der Waals surface area contributed by atoms with Gasteiger partial charge in [0.1, 0.15) is 17.3 Å². The van der Waals surface area contributed by atoms with E-state index < -0.39 is 0 Å². The minimum Gasteiger partial charge on any atom is -0.494 e. The highest BCUT2D eigenvalue weighted by molar-refractivity contribution is 6.03. The van der Waals surface area contributed by atoms with Crippen LogP contribution in [0.4, 0.5) is 5.69 Å². The van der Waals surface area contributed by atoms with Crippen LogP contribution in [-0.2, 0) is 0 Å². The number of ether oxygens (including phenoxy) is 1. The molecule has 30 heavy (non-hydrogen) atoms. The zero-order chi connectivity index (χ0) is 20.7. The topological polar surface area (TPSA) is 84.8 Å². The normalized spacial score (nSPS) is 13.9. The van der Waals surface area contributed by atoms with Crippen molar-refractivity contribution in [2.75, 3.05) is 12.4 Å². The first-order valence-electron chi connectivity index (χ1n) is 10.1. The van der Waals surface area contributed by atoms with Crippen LogP contribution in [0.1, 0.15) is 47.1 Å². The molecule has 7 nitrogen and oxygen atoms in total. The maximum atomic E-state index is 12.7. The number of imidazole rings is 1. The number of H-pyrrole nitrogens is 1. The summed E-state index contributed by atoms with van der Waals surface area (Å²) in [7, 11) is 1.62.